The van der Waals surface area contributed by atoms with Crippen molar-refractivity contribution in [2.75, 3.05) is 12.4 Å². The van der Waals surface area contributed by atoms with Crippen molar-refractivity contribution in [1.82, 2.24) is 5.32 Å². The molecule has 0 saturated carbocycles. The summed E-state index contributed by atoms with van der Waals surface area (Å²) in [7, 11) is 1.95. The second-order valence-corrected chi connectivity index (χ2v) is 7.02. The first-order chi connectivity index (χ1) is 14.8. The lowest BCUT2D eigenvalue weighted by atomic mass is 10.1. The van der Waals surface area contributed by atoms with E-state index in [-0.39, 0.29) is 14.9 Å². The summed E-state index contributed by atoms with van der Waals surface area (Å²) in [5.74, 6) is 0. The molecular weight excluding hydrogens is 402 g/mol. The van der Waals surface area contributed by atoms with Gasteiger partial charge >= 0.3 is 0 Å². The molecule has 0 radical (unpaired) electrons. The molecule has 3 nitrogen and oxygen atoms in total. The van der Waals surface area contributed by atoms with Crippen LogP contribution in [0.1, 0.15) is 75.8 Å². The van der Waals surface area contributed by atoms with Crippen molar-refractivity contribution >= 4 is 11.4 Å². The van der Waals surface area contributed by atoms with Crippen LogP contribution in [0.4, 0.5) is 5.69 Å². The number of nitrogens with zero attached hydrogens (tertiary/aromatic N) is 1. The quantitative estimate of drug-likeness (QED) is 0.302. The first kappa shape index (κ1) is 37.7. The van der Waals surface area contributed by atoms with Gasteiger partial charge in [-0.05, 0) is 76.6 Å². The van der Waals surface area contributed by atoms with Crippen LogP contribution < -0.4 is 10.6 Å². The number of benzene rings is 1. The van der Waals surface area contributed by atoms with Crippen LogP contribution in [0.25, 0.3) is 0 Å². The summed E-state index contributed by atoms with van der Waals surface area (Å²) in [4.78, 5) is 4.61. The lowest BCUT2D eigenvalue weighted by Crippen LogP contribution is -2.15. The van der Waals surface area contributed by atoms with Crippen molar-refractivity contribution in [3.63, 3.8) is 0 Å². The summed E-state index contributed by atoms with van der Waals surface area (Å²) in [6.07, 6.45) is 11.8. The molecule has 0 amide bonds. The number of hydrogen-bond donors (Lipinski definition) is 2. The Labute approximate surface area is 207 Å². The fourth-order valence-corrected chi connectivity index (χ4v) is 2.17. The number of hydrogen-bond acceptors (Lipinski definition) is 3. The Morgan fingerprint density at radius 1 is 1.09 bits per heavy atom. The highest BCUT2D eigenvalue weighted by molar-refractivity contribution is 6.01. The minimum Gasteiger partial charge on any atom is -0.354 e. The minimum absolute atomic E-state index is 0. The Bertz CT molecular complexity index is 775. The van der Waals surface area contributed by atoms with Gasteiger partial charge in [0.2, 0.25) is 0 Å². The highest BCUT2D eigenvalue weighted by Gasteiger charge is 2.02. The fourth-order valence-electron chi connectivity index (χ4n) is 2.17. The number of anilines is 1. The highest BCUT2D eigenvalue weighted by Crippen LogP contribution is 2.15. The van der Waals surface area contributed by atoms with Gasteiger partial charge in [-0.2, -0.15) is 0 Å². The van der Waals surface area contributed by atoms with Crippen molar-refractivity contribution in [3.05, 3.63) is 89.8 Å². The predicted molar refractivity (Wildman–Crippen MR) is 158 cm³/mol. The van der Waals surface area contributed by atoms with Gasteiger partial charge in [-0.3, -0.25) is 4.99 Å². The Morgan fingerprint density at radius 3 is 2.09 bits per heavy atom. The molecule has 0 aliphatic heterocycles. The maximum absolute atomic E-state index is 4.61. The summed E-state index contributed by atoms with van der Waals surface area (Å²) in [5.41, 5.74) is 6.36. The minimum atomic E-state index is 0. The first-order valence-electron chi connectivity index (χ1n) is 11.1. The zero-order valence-corrected chi connectivity index (χ0v) is 21.5. The van der Waals surface area contributed by atoms with Crippen molar-refractivity contribution in [2.24, 2.45) is 4.99 Å². The van der Waals surface area contributed by atoms with Crippen LogP contribution in [0.15, 0.2) is 89.3 Å². The van der Waals surface area contributed by atoms with Gasteiger partial charge in [-0.15, -0.1) is 0 Å². The van der Waals surface area contributed by atoms with E-state index in [9.17, 15) is 0 Å². The SMILES string of the molecule is C.C.C=CC(=C\C)/C(C)=C/N=C(C)/C(=C\C=C/C)Nc1cccc(C)c1.CC.CNC(C)C. The van der Waals surface area contributed by atoms with Crippen LogP contribution in [-0.4, -0.2) is 18.8 Å². The molecule has 0 fully saturated rings. The van der Waals surface area contributed by atoms with E-state index in [1.165, 1.54) is 5.56 Å². The van der Waals surface area contributed by atoms with E-state index < -0.39 is 0 Å². The number of nitrogens with one attached hydrogen (secondary N) is 2. The van der Waals surface area contributed by atoms with Crippen LogP contribution in [0.5, 0.6) is 0 Å². The molecule has 3 heteroatoms. The van der Waals surface area contributed by atoms with Gasteiger partial charge in [0.25, 0.3) is 0 Å². The summed E-state index contributed by atoms with van der Waals surface area (Å²) in [5, 5.41) is 6.48. The third kappa shape index (κ3) is 18.6. The van der Waals surface area contributed by atoms with E-state index >= 15 is 0 Å². The summed E-state index contributed by atoms with van der Waals surface area (Å²) in [6, 6.07) is 8.94. The standard InChI is InChI=1S/C22H28N2.C4H11N.C2H6.2CH4/c1-7-10-14-22(24-21-13-11-12-17(4)15-21)19(6)23-16-18(5)20(8-2)9-3;1-4(2)5-3;1-2;;/h7-16,24H,2H2,1,3-6H3;4-5H,1-3H3;1-2H3;2*1H4/b10-7-,18-16+,20-9+,22-14+,23-19+;;;;. The Morgan fingerprint density at radius 2 is 1.67 bits per heavy atom. The average molecular weight is 456 g/mol. The van der Waals surface area contributed by atoms with Crippen molar-refractivity contribution in [1.29, 1.82) is 0 Å². The first-order valence-corrected chi connectivity index (χ1v) is 11.1. The lowest BCUT2D eigenvalue weighted by Gasteiger charge is -2.11. The maximum atomic E-state index is 4.61. The molecule has 0 unspecified atom stereocenters. The van der Waals surface area contributed by atoms with Crippen LogP contribution in [0.3, 0.4) is 0 Å². The molecule has 2 N–H and O–H groups in total. The second-order valence-electron chi connectivity index (χ2n) is 7.02. The molecule has 0 aliphatic carbocycles. The van der Waals surface area contributed by atoms with Crippen LogP contribution in [0.2, 0.25) is 0 Å². The van der Waals surface area contributed by atoms with E-state index in [4.69, 9.17) is 0 Å². The largest absolute Gasteiger partial charge is 0.354 e. The molecule has 33 heavy (non-hydrogen) atoms. The highest BCUT2D eigenvalue weighted by atomic mass is 14.9. The molecule has 0 atom stereocenters. The van der Waals surface area contributed by atoms with Gasteiger partial charge in [0, 0.05) is 17.9 Å². The van der Waals surface area contributed by atoms with Gasteiger partial charge < -0.3 is 10.6 Å². The van der Waals surface area contributed by atoms with E-state index in [0.29, 0.717) is 6.04 Å². The van der Waals surface area contributed by atoms with Gasteiger partial charge in [0.1, 0.15) is 0 Å². The van der Waals surface area contributed by atoms with Crippen molar-refractivity contribution < 1.29 is 0 Å². The van der Waals surface area contributed by atoms with E-state index in [1.807, 2.05) is 91.2 Å². The maximum Gasteiger partial charge on any atom is 0.0607 e. The normalized spacial score (nSPS) is 12.0. The summed E-state index contributed by atoms with van der Waals surface area (Å²) >= 11 is 0. The molecule has 188 valence electrons. The number of allylic oxidation sites excluding steroid dienone is 8. The van der Waals surface area contributed by atoms with Gasteiger partial charge in [-0.25, -0.2) is 0 Å². The number of aryl methyl sites for hydroxylation is 1. The smallest absolute Gasteiger partial charge is 0.0607 e. The van der Waals surface area contributed by atoms with Crippen LogP contribution >= 0.6 is 0 Å². The van der Waals surface area contributed by atoms with E-state index in [1.54, 1.807) is 0 Å². The molecule has 0 spiro atoms. The average Bonchev–Trinajstić information content (AvgIpc) is 2.77. The zero-order chi connectivity index (χ0) is 24.2. The third-order valence-electron chi connectivity index (χ3n) is 4.16. The summed E-state index contributed by atoms with van der Waals surface area (Å²) < 4.78 is 0. The van der Waals surface area contributed by atoms with Crippen molar-refractivity contribution in [3.8, 4) is 0 Å². The molecule has 0 bridgehead atoms. The van der Waals surface area contributed by atoms with E-state index in [2.05, 4.69) is 61.2 Å². The molecule has 0 aliphatic rings. The topological polar surface area (TPSA) is 36.4 Å². The molecular formula is C30H53N3. The Kier molecular flexibility index (Phi) is 27.4. The van der Waals surface area contributed by atoms with Crippen LogP contribution in [-0.2, 0) is 0 Å². The number of rotatable bonds is 8. The fraction of sp³-hybridized carbons (Fsp3) is 0.433. The third-order valence-corrected chi connectivity index (χ3v) is 4.16. The summed E-state index contributed by atoms with van der Waals surface area (Å²) in [6.45, 7) is 22.2. The van der Waals surface area contributed by atoms with E-state index in [0.717, 1.165) is 28.2 Å². The second kappa shape index (κ2) is 24.0. The lowest BCUT2D eigenvalue weighted by molar-refractivity contribution is 0.668. The Balaban J connectivity index is -0.000000412. The molecule has 1 aromatic carbocycles. The van der Waals surface area contributed by atoms with Crippen LogP contribution in [0, 0.1) is 6.92 Å². The molecule has 0 saturated heterocycles. The zero-order valence-electron chi connectivity index (χ0n) is 21.5. The monoisotopic (exact) mass is 455 g/mol. The predicted octanol–water partition coefficient (Wildman–Crippen LogP) is 9.28. The molecule has 0 aromatic heterocycles. The van der Waals surface area contributed by atoms with Gasteiger partial charge in [0.15, 0.2) is 0 Å². The molecule has 1 rings (SSSR count). The van der Waals surface area contributed by atoms with Gasteiger partial charge in [-0.1, -0.05) is 85.6 Å². The molecule has 1 aromatic rings. The molecule has 0 heterocycles. The Hall–Kier alpha value is -2.65. The van der Waals surface area contributed by atoms with Gasteiger partial charge in [0.05, 0.1) is 11.4 Å². The number of aliphatic imine (C=N–C) groups is 1. The van der Waals surface area contributed by atoms with Crippen molar-refractivity contribution in [2.45, 2.75) is 83.2 Å².